The maximum atomic E-state index is 12.3. The summed E-state index contributed by atoms with van der Waals surface area (Å²) in [4.78, 5) is 23.8. The molecule has 0 aliphatic heterocycles. The summed E-state index contributed by atoms with van der Waals surface area (Å²) in [5.41, 5.74) is 2.66. The van der Waals surface area contributed by atoms with Gasteiger partial charge in [0.2, 0.25) is 0 Å². The number of halogens is 1. The monoisotopic (exact) mass is 406 g/mol. The lowest BCUT2D eigenvalue weighted by Gasteiger charge is -2.21. The molecule has 0 bridgehead atoms. The Bertz CT molecular complexity index is 795. The van der Waals surface area contributed by atoms with E-state index in [1.165, 1.54) is 6.07 Å². The normalized spacial score (nSPS) is 13.1. The molecule has 0 aromatic heterocycles. The summed E-state index contributed by atoms with van der Waals surface area (Å²) in [6.45, 7) is 4.15. The van der Waals surface area contributed by atoms with Crippen molar-refractivity contribution in [3.05, 3.63) is 68.2 Å². The molecule has 0 aliphatic carbocycles. The zero-order chi connectivity index (χ0) is 18.6. The number of carbonyl (C=O) groups excluding carboxylic acids is 1. The van der Waals surface area contributed by atoms with Crippen LogP contribution >= 0.6 is 15.9 Å². The van der Waals surface area contributed by atoms with E-state index in [0.29, 0.717) is 0 Å². The highest BCUT2D eigenvalue weighted by atomic mass is 79.9. The molecule has 2 atom stereocenters. The molecule has 0 saturated heterocycles. The van der Waals surface area contributed by atoms with Gasteiger partial charge in [-0.2, -0.15) is 0 Å². The first-order valence-corrected chi connectivity index (χ1v) is 8.70. The van der Waals surface area contributed by atoms with Crippen molar-refractivity contribution in [2.75, 3.05) is 18.9 Å². The molecule has 1 unspecified atom stereocenters. The largest absolute Gasteiger partial charge is 0.324 e. The van der Waals surface area contributed by atoms with Crippen molar-refractivity contribution in [1.82, 2.24) is 0 Å². The molecule has 1 amide bonds. The minimum Gasteiger partial charge on any atom is -0.324 e. The summed E-state index contributed by atoms with van der Waals surface area (Å²) in [6, 6.07) is 12.2. The van der Waals surface area contributed by atoms with Crippen LogP contribution in [0.25, 0.3) is 0 Å². The molecular weight excluding hydrogens is 386 g/mol. The Morgan fingerprint density at radius 2 is 2.04 bits per heavy atom. The molecule has 132 valence electrons. The van der Waals surface area contributed by atoms with Gasteiger partial charge in [-0.1, -0.05) is 28.1 Å². The number of hydrogen-bond donors (Lipinski definition) is 2. The second-order valence-corrected chi connectivity index (χ2v) is 7.02. The first-order chi connectivity index (χ1) is 11.8. The summed E-state index contributed by atoms with van der Waals surface area (Å²) in [5, 5.41) is 13.8. The summed E-state index contributed by atoms with van der Waals surface area (Å²) in [7, 11) is 1.90. The van der Waals surface area contributed by atoms with E-state index >= 15 is 0 Å². The zero-order valence-corrected chi connectivity index (χ0v) is 16.0. The molecular formula is C18H21BrN3O3+. The van der Waals surface area contributed by atoms with Crippen molar-refractivity contribution in [2.24, 2.45) is 0 Å². The Hall–Kier alpha value is -2.25. The predicted octanol–water partition coefficient (Wildman–Crippen LogP) is 2.88. The van der Waals surface area contributed by atoms with Gasteiger partial charge >= 0.3 is 0 Å². The van der Waals surface area contributed by atoms with Crippen LogP contribution < -0.4 is 10.2 Å². The van der Waals surface area contributed by atoms with Gasteiger partial charge in [0.05, 0.1) is 12.0 Å². The smallest absolute Gasteiger partial charge is 0.279 e. The van der Waals surface area contributed by atoms with Crippen LogP contribution in [0.15, 0.2) is 46.9 Å². The quantitative estimate of drug-likeness (QED) is 0.571. The highest BCUT2D eigenvalue weighted by Gasteiger charge is 2.20. The van der Waals surface area contributed by atoms with Gasteiger partial charge in [-0.25, -0.2) is 0 Å². The molecule has 0 spiro atoms. The van der Waals surface area contributed by atoms with Crippen molar-refractivity contribution in [3.8, 4) is 0 Å². The zero-order valence-electron chi connectivity index (χ0n) is 14.4. The molecule has 0 fully saturated rings. The molecule has 0 radical (unpaired) electrons. The summed E-state index contributed by atoms with van der Waals surface area (Å²) < 4.78 is 0.963. The van der Waals surface area contributed by atoms with E-state index in [-0.39, 0.29) is 24.2 Å². The molecule has 2 rings (SSSR count). The topological polar surface area (TPSA) is 76.7 Å². The number of likely N-dealkylation sites (N-methyl/N-ethyl adjacent to an activating group) is 1. The number of quaternary nitrogens is 1. The fourth-order valence-corrected chi connectivity index (χ4v) is 3.04. The van der Waals surface area contributed by atoms with E-state index in [4.69, 9.17) is 0 Å². The summed E-state index contributed by atoms with van der Waals surface area (Å²) >= 11 is 3.40. The first-order valence-electron chi connectivity index (χ1n) is 7.90. The van der Waals surface area contributed by atoms with Gasteiger partial charge in [-0.15, -0.1) is 0 Å². The Kier molecular flexibility index (Phi) is 6.27. The van der Waals surface area contributed by atoms with E-state index in [9.17, 15) is 14.9 Å². The molecule has 0 saturated carbocycles. The van der Waals surface area contributed by atoms with Gasteiger partial charge in [-0.3, -0.25) is 14.9 Å². The third-order valence-electron chi connectivity index (χ3n) is 4.22. The number of anilines is 1. The second-order valence-electron chi connectivity index (χ2n) is 6.10. The molecule has 25 heavy (non-hydrogen) atoms. The Morgan fingerprint density at radius 3 is 2.68 bits per heavy atom. The van der Waals surface area contributed by atoms with Gasteiger partial charge < -0.3 is 10.2 Å². The van der Waals surface area contributed by atoms with Crippen molar-refractivity contribution in [3.63, 3.8) is 0 Å². The first kappa shape index (κ1) is 19.1. The predicted molar refractivity (Wildman–Crippen MR) is 101 cm³/mol. The van der Waals surface area contributed by atoms with E-state index < -0.39 is 4.92 Å². The SMILES string of the molecule is Cc1cc(Br)ccc1NC(=O)C[NH+](C)[C@H](C)c1cccc([N+](=O)[O-])c1. The van der Waals surface area contributed by atoms with Gasteiger partial charge in [0, 0.05) is 27.9 Å². The lowest BCUT2D eigenvalue weighted by molar-refractivity contribution is -0.902. The highest BCUT2D eigenvalue weighted by molar-refractivity contribution is 9.10. The lowest BCUT2D eigenvalue weighted by atomic mass is 10.1. The van der Waals surface area contributed by atoms with E-state index in [0.717, 1.165) is 26.2 Å². The minimum absolute atomic E-state index is 0.0448. The average molecular weight is 407 g/mol. The van der Waals surface area contributed by atoms with Crippen LogP contribution in [0.4, 0.5) is 11.4 Å². The minimum atomic E-state index is -0.408. The van der Waals surface area contributed by atoms with Crippen LogP contribution in [0.3, 0.4) is 0 Å². The Balaban J connectivity index is 2.02. The average Bonchev–Trinajstić information content (AvgIpc) is 2.56. The van der Waals surface area contributed by atoms with E-state index in [1.807, 2.05) is 45.2 Å². The molecule has 7 heteroatoms. The van der Waals surface area contributed by atoms with E-state index in [1.54, 1.807) is 12.1 Å². The van der Waals surface area contributed by atoms with Crippen molar-refractivity contribution < 1.29 is 14.6 Å². The van der Waals surface area contributed by atoms with Crippen LogP contribution in [0.2, 0.25) is 0 Å². The number of nitrogens with zero attached hydrogens (tertiary/aromatic N) is 1. The van der Waals surface area contributed by atoms with Crippen LogP contribution in [0.1, 0.15) is 24.1 Å². The maximum Gasteiger partial charge on any atom is 0.279 e. The van der Waals surface area contributed by atoms with Crippen molar-refractivity contribution in [2.45, 2.75) is 19.9 Å². The number of amides is 1. The van der Waals surface area contributed by atoms with Crippen molar-refractivity contribution in [1.29, 1.82) is 0 Å². The summed E-state index contributed by atoms with van der Waals surface area (Å²) in [5.74, 6) is -0.0970. The van der Waals surface area contributed by atoms with Gasteiger partial charge in [0.25, 0.3) is 11.6 Å². The second kappa shape index (κ2) is 8.22. The molecule has 0 aliphatic rings. The van der Waals surface area contributed by atoms with Crippen LogP contribution in [0, 0.1) is 17.0 Å². The molecule has 0 heterocycles. The number of carbonyl (C=O) groups is 1. The Labute approximate surface area is 155 Å². The lowest BCUT2D eigenvalue weighted by Crippen LogP contribution is -3.10. The fourth-order valence-electron chi connectivity index (χ4n) is 2.56. The number of benzene rings is 2. The number of nitro groups is 1. The number of nitro benzene ring substituents is 1. The fraction of sp³-hybridized carbons (Fsp3) is 0.278. The number of aryl methyl sites for hydroxylation is 1. The maximum absolute atomic E-state index is 12.3. The summed E-state index contributed by atoms with van der Waals surface area (Å²) in [6.07, 6.45) is 0. The molecule has 6 nitrogen and oxygen atoms in total. The molecule has 2 aromatic carbocycles. The van der Waals surface area contributed by atoms with Crippen LogP contribution in [-0.2, 0) is 4.79 Å². The van der Waals surface area contributed by atoms with Gasteiger partial charge in [0.15, 0.2) is 6.54 Å². The van der Waals surface area contributed by atoms with E-state index in [2.05, 4.69) is 21.2 Å². The third kappa shape index (κ3) is 5.11. The van der Waals surface area contributed by atoms with Crippen molar-refractivity contribution >= 4 is 33.2 Å². The standard InChI is InChI=1S/C18H20BrN3O3/c1-12-9-15(19)7-8-17(12)20-18(23)11-21(3)13(2)14-5-4-6-16(10-14)22(24)25/h4-10,13H,11H2,1-3H3,(H,20,23)/p+1/t13-/m1/s1. The molecule has 2 aromatic rings. The number of nitrogens with one attached hydrogen (secondary N) is 2. The van der Waals surface area contributed by atoms with Gasteiger partial charge in [0.1, 0.15) is 6.04 Å². The molecule has 2 N–H and O–H groups in total. The van der Waals surface area contributed by atoms with Crippen LogP contribution in [-0.4, -0.2) is 24.4 Å². The number of rotatable bonds is 6. The highest BCUT2D eigenvalue weighted by Crippen LogP contribution is 2.20. The van der Waals surface area contributed by atoms with Crippen LogP contribution in [0.5, 0.6) is 0 Å². The van der Waals surface area contributed by atoms with Gasteiger partial charge in [-0.05, 0) is 37.6 Å². The number of non-ortho nitro benzene ring substituents is 1. The Morgan fingerprint density at radius 1 is 1.32 bits per heavy atom. The number of hydrogen-bond acceptors (Lipinski definition) is 3. The third-order valence-corrected chi connectivity index (χ3v) is 4.72.